The summed E-state index contributed by atoms with van der Waals surface area (Å²) >= 11 is 1.86. The van der Waals surface area contributed by atoms with E-state index < -0.39 is 0 Å². The molecule has 24 heavy (non-hydrogen) atoms. The molecule has 4 rings (SSSR count). The van der Waals surface area contributed by atoms with Crippen LogP contribution in [0.25, 0.3) is 0 Å². The number of thiophene rings is 1. The van der Waals surface area contributed by atoms with Gasteiger partial charge in [0, 0.05) is 55.4 Å². The molecule has 2 aromatic heterocycles. The maximum Gasteiger partial charge on any atom is 0.0593 e. The molecule has 4 nitrogen and oxygen atoms in total. The number of nitrogens with zero attached hydrogens (tertiary/aromatic N) is 3. The molecule has 2 aliphatic heterocycles. The highest BCUT2D eigenvalue weighted by Crippen LogP contribution is 2.34. The van der Waals surface area contributed by atoms with Gasteiger partial charge in [-0.15, -0.1) is 11.3 Å². The predicted molar refractivity (Wildman–Crippen MR) is 97.0 cm³/mol. The zero-order valence-corrected chi connectivity index (χ0v) is 14.9. The molecular formula is C19H25N3OS. The number of rotatable bonds is 4. The van der Waals surface area contributed by atoms with E-state index >= 15 is 0 Å². The van der Waals surface area contributed by atoms with E-state index in [0.29, 0.717) is 0 Å². The quantitative estimate of drug-likeness (QED) is 0.853. The van der Waals surface area contributed by atoms with Crippen LogP contribution in [-0.2, 0) is 17.8 Å². The molecule has 1 spiro atoms. The molecule has 0 bridgehead atoms. The fraction of sp³-hybridized carbons (Fsp3) is 0.526. The second kappa shape index (κ2) is 7.31. The van der Waals surface area contributed by atoms with Crippen LogP contribution in [0.1, 0.15) is 16.9 Å². The van der Waals surface area contributed by atoms with Crippen molar-refractivity contribution in [1.82, 2.24) is 14.8 Å². The summed E-state index contributed by atoms with van der Waals surface area (Å²) in [4.78, 5) is 10.9. The Balaban J connectivity index is 1.40. The summed E-state index contributed by atoms with van der Waals surface area (Å²) < 4.78 is 6.00. The molecule has 1 atom stereocenters. The first kappa shape index (κ1) is 16.2. The van der Waals surface area contributed by atoms with Gasteiger partial charge >= 0.3 is 0 Å². The number of likely N-dealkylation sites (tertiary alicyclic amines) is 1. The van der Waals surface area contributed by atoms with E-state index in [1.54, 1.807) is 0 Å². The fourth-order valence-corrected chi connectivity index (χ4v) is 4.74. The van der Waals surface area contributed by atoms with E-state index in [9.17, 15) is 0 Å². The summed E-state index contributed by atoms with van der Waals surface area (Å²) in [5.74, 6) is 0. The Morgan fingerprint density at radius 2 is 2.04 bits per heavy atom. The minimum absolute atomic E-state index is 0.288. The number of hydrogen-bond acceptors (Lipinski definition) is 5. The van der Waals surface area contributed by atoms with Crippen LogP contribution in [0.15, 0.2) is 42.0 Å². The predicted octanol–water partition coefficient (Wildman–Crippen LogP) is 2.87. The van der Waals surface area contributed by atoms with Gasteiger partial charge in [0.25, 0.3) is 0 Å². The van der Waals surface area contributed by atoms with Crippen LogP contribution < -0.4 is 0 Å². The topological polar surface area (TPSA) is 28.6 Å². The van der Waals surface area contributed by atoms with Crippen molar-refractivity contribution >= 4 is 11.3 Å². The van der Waals surface area contributed by atoms with Gasteiger partial charge in [-0.3, -0.25) is 14.8 Å². The van der Waals surface area contributed by atoms with E-state index in [-0.39, 0.29) is 5.41 Å². The van der Waals surface area contributed by atoms with Crippen molar-refractivity contribution in [3.63, 3.8) is 0 Å². The number of aromatic nitrogens is 1. The number of hydrogen-bond donors (Lipinski definition) is 0. The average Bonchev–Trinajstić information content (AvgIpc) is 3.19. The van der Waals surface area contributed by atoms with E-state index in [1.807, 2.05) is 29.8 Å². The summed E-state index contributed by atoms with van der Waals surface area (Å²) in [5, 5.41) is 2.17. The van der Waals surface area contributed by atoms with Gasteiger partial charge in [0.15, 0.2) is 0 Å². The van der Waals surface area contributed by atoms with Crippen molar-refractivity contribution in [1.29, 1.82) is 0 Å². The third-order valence-corrected chi connectivity index (χ3v) is 5.99. The molecule has 4 heterocycles. The lowest BCUT2D eigenvalue weighted by Crippen LogP contribution is -2.40. The lowest BCUT2D eigenvalue weighted by Gasteiger charge is -2.32. The van der Waals surface area contributed by atoms with Crippen LogP contribution in [0.4, 0.5) is 0 Å². The molecule has 2 fully saturated rings. The summed E-state index contributed by atoms with van der Waals surface area (Å²) in [6, 6.07) is 8.59. The zero-order chi connectivity index (χ0) is 16.2. The maximum absolute atomic E-state index is 6.00. The van der Waals surface area contributed by atoms with Gasteiger partial charge in [0.05, 0.1) is 13.2 Å². The molecule has 0 saturated carbocycles. The van der Waals surface area contributed by atoms with Crippen molar-refractivity contribution in [2.45, 2.75) is 19.5 Å². The molecule has 5 heteroatoms. The van der Waals surface area contributed by atoms with Crippen molar-refractivity contribution in [3.05, 3.63) is 52.5 Å². The van der Waals surface area contributed by atoms with Crippen LogP contribution in [0.3, 0.4) is 0 Å². The van der Waals surface area contributed by atoms with Crippen LogP contribution >= 0.6 is 11.3 Å². The van der Waals surface area contributed by atoms with Gasteiger partial charge in [0.1, 0.15) is 0 Å². The molecule has 0 aliphatic carbocycles. The summed E-state index contributed by atoms with van der Waals surface area (Å²) in [5.41, 5.74) is 1.58. The van der Waals surface area contributed by atoms with E-state index in [4.69, 9.17) is 4.74 Å². The molecule has 2 aromatic rings. The summed E-state index contributed by atoms with van der Waals surface area (Å²) in [6.07, 6.45) is 5.06. The van der Waals surface area contributed by atoms with Gasteiger partial charge in [0.2, 0.25) is 0 Å². The lowest BCUT2D eigenvalue weighted by atomic mass is 9.87. The van der Waals surface area contributed by atoms with Gasteiger partial charge in [-0.25, -0.2) is 0 Å². The Kier molecular flexibility index (Phi) is 4.94. The Bertz CT molecular complexity index is 633. The molecule has 0 radical (unpaired) electrons. The maximum atomic E-state index is 6.00. The lowest BCUT2D eigenvalue weighted by molar-refractivity contribution is 0.0707. The highest BCUT2D eigenvalue weighted by Gasteiger charge is 2.41. The van der Waals surface area contributed by atoms with Crippen LogP contribution in [0.5, 0.6) is 0 Å². The molecule has 0 amide bonds. The molecule has 2 aliphatic rings. The highest BCUT2D eigenvalue weighted by atomic mass is 32.1. The van der Waals surface area contributed by atoms with Gasteiger partial charge in [-0.1, -0.05) is 12.1 Å². The molecule has 2 saturated heterocycles. The molecule has 0 N–H and O–H groups in total. The first-order valence-corrected chi connectivity index (χ1v) is 9.63. The van der Waals surface area contributed by atoms with Crippen LogP contribution in [0, 0.1) is 5.41 Å². The molecular weight excluding hydrogens is 318 g/mol. The normalized spacial score (nSPS) is 26.0. The first-order valence-electron chi connectivity index (χ1n) is 8.75. The first-order chi connectivity index (χ1) is 11.8. The van der Waals surface area contributed by atoms with E-state index in [2.05, 4.69) is 38.4 Å². The van der Waals surface area contributed by atoms with Gasteiger partial charge in [-0.2, -0.15) is 0 Å². The fourth-order valence-electron chi connectivity index (χ4n) is 4.00. The standard InChI is InChI=1S/C19H25N3OS/c1-3-17(11-20-6-1)12-22-8-9-23-16-19(15-22)5-7-21(14-19)13-18-4-2-10-24-18/h1-4,6,10-11H,5,7-9,12-16H2. The Hall–Kier alpha value is -1.27. The second-order valence-corrected chi connectivity index (χ2v) is 8.20. The Morgan fingerprint density at radius 1 is 1.12 bits per heavy atom. The molecule has 1 unspecified atom stereocenters. The number of ether oxygens (including phenoxy) is 1. The third-order valence-electron chi connectivity index (χ3n) is 5.13. The Labute approximate surface area is 148 Å². The largest absolute Gasteiger partial charge is 0.379 e. The van der Waals surface area contributed by atoms with Gasteiger partial charge in [-0.05, 0) is 36.0 Å². The zero-order valence-electron chi connectivity index (χ0n) is 14.1. The number of pyridine rings is 1. The SMILES string of the molecule is c1cncc(CN2CCOCC3(CCN(Cc4cccs4)C3)C2)c1. The van der Waals surface area contributed by atoms with Crippen molar-refractivity contribution in [2.75, 3.05) is 39.4 Å². The Morgan fingerprint density at radius 3 is 2.83 bits per heavy atom. The average molecular weight is 343 g/mol. The van der Waals surface area contributed by atoms with Gasteiger partial charge < -0.3 is 4.74 Å². The molecule has 128 valence electrons. The van der Waals surface area contributed by atoms with Crippen LogP contribution in [0.2, 0.25) is 0 Å². The monoisotopic (exact) mass is 343 g/mol. The summed E-state index contributed by atoms with van der Waals surface area (Å²) in [7, 11) is 0. The highest BCUT2D eigenvalue weighted by molar-refractivity contribution is 7.09. The minimum atomic E-state index is 0.288. The van der Waals surface area contributed by atoms with E-state index in [1.165, 1.54) is 23.4 Å². The second-order valence-electron chi connectivity index (χ2n) is 7.16. The third kappa shape index (κ3) is 3.86. The smallest absolute Gasteiger partial charge is 0.0593 e. The van der Waals surface area contributed by atoms with Crippen LogP contribution in [-0.4, -0.2) is 54.2 Å². The van der Waals surface area contributed by atoms with E-state index in [0.717, 1.165) is 45.9 Å². The van der Waals surface area contributed by atoms with Crippen molar-refractivity contribution < 1.29 is 4.74 Å². The van der Waals surface area contributed by atoms with Crippen molar-refractivity contribution in [2.24, 2.45) is 5.41 Å². The summed E-state index contributed by atoms with van der Waals surface area (Å²) in [6.45, 7) is 8.27. The van der Waals surface area contributed by atoms with Crippen molar-refractivity contribution in [3.8, 4) is 0 Å². The minimum Gasteiger partial charge on any atom is -0.379 e. The molecule has 0 aromatic carbocycles.